The molecule has 1 aliphatic heterocycles. The van der Waals surface area contributed by atoms with E-state index in [0.717, 1.165) is 11.6 Å². The van der Waals surface area contributed by atoms with Crippen LogP contribution in [0.5, 0.6) is 5.75 Å². The van der Waals surface area contributed by atoms with Crippen LogP contribution in [-0.4, -0.2) is 26.0 Å². The number of ether oxygens (including phenoxy) is 1. The molecule has 7 heteroatoms. The third-order valence-corrected chi connectivity index (χ3v) is 3.50. The number of rotatable bonds is 4. The van der Waals surface area contributed by atoms with Crippen LogP contribution in [0.4, 0.5) is 13.2 Å². The number of nitrogens with two attached hydrogens (primary N) is 1. The molecule has 0 amide bonds. The van der Waals surface area contributed by atoms with E-state index in [0.29, 0.717) is 5.75 Å². The Bertz CT molecular complexity index is 593. The number of nitrogens with one attached hydrogen (secondary N) is 2. The number of allylic oxidation sites excluding steroid dienone is 2. The average Bonchev–Trinajstić information content (AvgIpc) is 2.46. The molecule has 0 spiro atoms. The molecule has 4 N–H and O–H groups in total. The predicted molar refractivity (Wildman–Crippen MR) is 78.0 cm³/mol. The summed E-state index contributed by atoms with van der Waals surface area (Å²) in [5.74, 6) is 0.673. The van der Waals surface area contributed by atoms with E-state index in [2.05, 4.69) is 10.6 Å². The summed E-state index contributed by atoms with van der Waals surface area (Å²) in [4.78, 5) is 0. The van der Waals surface area contributed by atoms with Crippen LogP contribution in [0.3, 0.4) is 0 Å². The summed E-state index contributed by atoms with van der Waals surface area (Å²) in [5, 5.41) is 5.41. The Kier molecular flexibility index (Phi) is 4.37. The topological polar surface area (TPSA) is 59.3 Å². The van der Waals surface area contributed by atoms with Gasteiger partial charge >= 0.3 is 6.18 Å². The molecule has 0 fully saturated rings. The van der Waals surface area contributed by atoms with Crippen molar-refractivity contribution < 1.29 is 17.9 Å². The van der Waals surface area contributed by atoms with Crippen LogP contribution in [0.25, 0.3) is 0 Å². The second-order valence-corrected chi connectivity index (χ2v) is 5.01. The van der Waals surface area contributed by atoms with Crippen molar-refractivity contribution in [3.63, 3.8) is 0 Å². The molecule has 1 aromatic carbocycles. The van der Waals surface area contributed by atoms with Gasteiger partial charge in [0.15, 0.2) is 0 Å². The lowest BCUT2D eigenvalue weighted by atomic mass is 9.91. The van der Waals surface area contributed by atoms with Crippen LogP contribution in [0.15, 0.2) is 47.8 Å². The van der Waals surface area contributed by atoms with Gasteiger partial charge < -0.3 is 21.1 Å². The van der Waals surface area contributed by atoms with Crippen molar-refractivity contribution in [3.8, 4) is 5.75 Å². The highest BCUT2D eigenvalue weighted by Gasteiger charge is 2.42. The third-order valence-electron chi connectivity index (χ3n) is 3.50. The van der Waals surface area contributed by atoms with E-state index in [1.807, 2.05) is 0 Å². The molecule has 1 aromatic rings. The lowest BCUT2D eigenvalue weighted by Gasteiger charge is -2.37. The van der Waals surface area contributed by atoms with Gasteiger partial charge in [-0.15, -0.1) is 0 Å². The summed E-state index contributed by atoms with van der Waals surface area (Å²) in [6, 6.07) is 7.03. The first-order valence-corrected chi connectivity index (χ1v) is 6.66. The minimum atomic E-state index is -4.47. The van der Waals surface area contributed by atoms with Gasteiger partial charge in [0.05, 0.1) is 18.4 Å². The molecule has 1 aliphatic rings. The highest BCUT2D eigenvalue weighted by Crippen LogP contribution is 2.34. The fraction of sp³-hybridized carbons (Fsp3) is 0.333. The smallest absolute Gasteiger partial charge is 0.418 e. The van der Waals surface area contributed by atoms with Crippen molar-refractivity contribution >= 4 is 0 Å². The molecule has 2 rings (SSSR count). The highest BCUT2D eigenvalue weighted by atomic mass is 19.4. The Labute approximate surface area is 126 Å². The van der Waals surface area contributed by atoms with Gasteiger partial charge in [0.2, 0.25) is 0 Å². The molecule has 0 aromatic heterocycles. The second-order valence-electron chi connectivity index (χ2n) is 5.01. The van der Waals surface area contributed by atoms with E-state index in [1.165, 1.54) is 13.2 Å². The summed E-state index contributed by atoms with van der Waals surface area (Å²) in [7, 11) is 2.97. The Morgan fingerprint density at radius 1 is 1.27 bits per heavy atom. The number of benzene rings is 1. The minimum Gasteiger partial charge on any atom is -0.497 e. The molecule has 1 heterocycles. The molecule has 4 nitrogen and oxygen atoms in total. The standard InChI is InChI=1S/C15H18F3N3O/c1-20-13-12(15(16,17)18)7-8-21-14(13,19)9-10-3-5-11(22-2)6-4-10/h3-8,20-21H,9,19H2,1-2H3. The highest BCUT2D eigenvalue weighted by molar-refractivity contribution is 5.40. The predicted octanol–water partition coefficient (Wildman–Crippen LogP) is 2.05. The van der Waals surface area contributed by atoms with Crippen LogP contribution < -0.4 is 21.1 Å². The summed E-state index contributed by atoms with van der Waals surface area (Å²) < 4.78 is 44.4. The molecule has 0 radical (unpaired) electrons. The SMILES string of the molecule is CNC1=C(C(F)(F)F)C=CNC1(N)Cc1ccc(OC)cc1. The van der Waals surface area contributed by atoms with E-state index in [1.54, 1.807) is 31.4 Å². The maximum absolute atomic E-state index is 13.1. The lowest BCUT2D eigenvalue weighted by molar-refractivity contribution is -0.0904. The van der Waals surface area contributed by atoms with Gasteiger partial charge in [-0.3, -0.25) is 0 Å². The molecule has 22 heavy (non-hydrogen) atoms. The number of halogens is 3. The van der Waals surface area contributed by atoms with Gasteiger partial charge in [0.25, 0.3) is 0 Å². The van der Waals surface area contributed by atoms with Crippen LogP contribution in [0.2, 0.25) is 0 Å². The number of dihydropyridines is 1. The van der Waals surface area contributed by atoms with Crippen molar-refractivity contribution in [3.05, 3.63) is 53.4 Å². The number of likely N-dealkylation sites (N-methyl/N-ethyl adjacent to an activating group) is 1. The summed E-state index contributed by atoms with van der Waals surface area (Å²) in [5.41, 5.74) is 4.77. The van der Waals surface area contributed by atoms with Gasteiger partial charge in [-0.2, -0.15) is 13.2 Å². The summed E-state index contributed by atoms with van der Waals surface area (Å²) >= 11 is 0. The number of hydrogen-bond acceptors (Lipinski definition) is 4. The molecular formula is C15H18F3N3O. The Morgan fingerprint density at radius 2 is 1.91 bits per heavy atom. The van der Waals surface area contributed by atoms with Crippen LogP contribution in [-0.2, 0) is 6.42 Å². The molecule has 0 saturated carbocycles. The van der Waals surface area contributed by atoms with E-state index in [9.17, 15) is 13.2 Å². The van der Waals surface area contributed by atoms with Crippen molar-refractivity contribution in [2.75, 3.05) is 14.2 Å². The van der Waals surface area contributed by atoms with E-state index < -0.39 is 17.4 Å². The van der Waals surface area contributed by atoms with Crippen LogP contribution in [0, 0.1) is 0 Å². The monoisotopic (exact) mass is 313 g/mol. The zero-order valence-corrected chi connectivity index (χ0v) is 12.3. The van der Waals surface area contributed by atoms with E-state index >= 15 is 0 Å². The van der Waals surface area contributed by atoms with Crippen molar-refractivity contribution in [1.29, 1.82) is 0 Å². The zero-order chi connectivity index (χ0) is 16.4. The van der Waals surface area contributed by atoms with Gasteiger partial charge in [-0.1, -0.05) is 12.1 Å². The lowest BCUT2D eigenvalue weighted by Crippen LogP contribution is -2.59. The van der Waals surface area contributed by atoms with Crippen molar-refractivity contribution in [2.45, 2.75) is 18.3 Å². The Balaban J connectivity index is 2.35. The van der Waals surface area contributed by atoms with E-state index in [-0.39, 0.29) is 12.1 Å². The maximum atomic E-state index is 13.1. The average molecular weight is 313 g/mol. The van der Waals surface area contributed by atoms with E-state index in [4.69, 9.17) is 10.5 Å². The molecule has 1 unspecified atom stereocenters. The van der Waals surface area contributed by atoms with Gasteiger partial charge in [0, 0.05) is 13.5 Å². The molecular weight excluding hydrogens is 295 g/mol. The minimum absolute atomic E-state index is 0.0849. The first-order chi connectivity index (χ1) is 10.3. The molecule has 1 atom stereocenters. The largest absolute Gasteiger partial charge is 0.497 e. The number of alkyl halides is 3. The second kappa shape index (κ2) is 5.92. The van der Waals surface area contributed by atoms with Crippen molar-refractivity contribution in [1.82, 2.24) is 10.6 Å². The Morgan fingerprint density at radius 3 is 2.41 bits per heavy atom. The fourth-order valence-corrected chi connectivity index (χ4v) is 2.47. The fourth-order valence-electron chi connectivity index (χ4n) is 2.47. The number of methoxy groups -OCH3 is 1. The molecule has 0 bridgehead atoms. The quantitative estimate of drug-likeness (QED) is 0.796. The first kappa shape index (κ1) is 16.2. The molecule has 0 saturated heterocycles. The first-order valence-electron chi connectivity index (χ1n) is 6.66. The Hall–Kier alpha value is -2.15. The van der Waals surface area contributed by atoms with Gasteiger partial charge in [0.1, 0.15) is 11.4 Å². The maximum Gasteiger partial charge on any atom is 0.418 e. The molecule has 0 aliphatic carbocycles. The van der Waals surface area contributed by atoms with Crippen molar-refractivity contribution in [2.24, 2.45) is 5.73 Å². The van der Waals surface area contributed by atoms with Gasteiger partial charge in [-0.05, 0) is 30.0 Å². The zero-order valence-electron chi connectivity index (χ0n) is 12.3. The molecule has 120 valence electrons. The summed E-state index contributed by atoms with van der Waals surface area (Å²) in [6.45, 7) is 0. The third kappa shape index (κ3) is 3.19. The summed E-state index contributed by atoms with van der Waals surface area (Å²) in [6.07, 6.45) is -2.07. The van der Waals surface area contributed by atoms with Crippen LogP contribution in [0.1, 0.15) is 5.56 Å². The van der Waals surface area contributed by atoms with Crippen LogP contribution >= 0.6 is 0 Å². The normalized spacial score (nSPS) is 21.5. The number of hydrogen-bond donors (Lipinski definition) is 3. The van der Waals surface area contributed by atoms with Gasteiger partial charge in [-0.25, -0.2) is 0 Å².